The number of aliphatic hydroxyl groups excluding tert-OH is 1. The molecule has 1 aromatic heterocycles. The van der Waals surface area contributed by atoms with Crippen molar-refractivity contribution in [2.24, 2.45) is 17.3 Å². The van der Waals surface area contributed by atoms with Crippen molar-refractivity contribution in [1.82, 2.24) is 19.6 Å². The highest BCUT2D eigenvalue weighted by Gasteiger charge is 2.53. The zero-order chi connectivity index (χ0) is 17.3. The monoisotopic (exact) mass is 346 g/mol. The summed E-state index contributed by atoms with van der Waals surface area (Å²) in [7, 11) is 0. The number of hydrogen-bond donors (Lipinski definition) is 1. The second-order valence-corrected chi connectivity index (χ2v) is 8.35. The quantitative estimate of drug-likeness (QED) is 0.841. The molecule has 2 atom stereocenters. The van der Waals surface area contributed by atoms with Crippen LogP contribution in [0, 0.1) is 17.3 Å². The van der Waals surface area contributed by atoms with Gasteiger partial charge >= 0.3 is 0 Å². The van der Waals surface area contributed by atoms with Gasteiger partial charge in [0.1, 0.15) is 0 Å². The van der Waals surface area contributed by atoms with Gasteiger partial charge < -0.3 is 14.9 Å². The molecule has 2 aliphatic heterocycles. The molecular formula is C19H30N4O2. The Labute approximate surface area is 149 Å². The molecular weight excluding hydrogens is 316 g/mol. The molecule has 3 fully saturated rings. The summed E-state index contributed by atoms with van der Waals surface area (Å²) in [4.78, 5) is 17.8. The van der Waals surface area contributed by atoms with E-state index in [0.29, 0.717) is 19.0 Å². The van der Waals surface area contributed by atoms with E-state index in [2.05, 4.69) is 14.9 Å². The molecule has 0 aromatic carbocycles. The summed E-state index contributed by atoms with van der Waals surface area (Å²) in [6, 6.07) is 1.91. The Morgan fingerprint density at radius 1 is 1.20 bits per heavy atom. The van der Waals surface area contributed by atoms with Crippen molar-refractivity contribution < 1.29 is 9.90 Å². The second kappa shape index (κ2) is 7.08. The van der Waals surface area contributed by atoms with E-state index in [1.807, 2.05) is 16.9 Å². The zero-order valence-electron chi connectivity index (χ0n) is 15.0. The number of nitrogens with zero attached hydrogens (tertiary/aromatic N) is 4. The lowest BCUT2D eigenvalue weighted by atomic mass is 9.88. The molecule has 6 heteroatoms. The number of carbonyl (C=O) groups is 1. The van der Waals surface area contributed by atoms with Gasteiger partial charge in [0.25, 0.3) is 0 Å². The first kappa shape index (κ1) is 17.0. The molecule has 1 N–H and O–H groups in total. The minimum absolute atomic E-state index is 0.187. The molecule has 3 aliphatic rings. The molecule has 2 unspecified atom stereocenters. The first-order chi connectivity index (χ1) is 12.2. The molecule has 3 heterocycles. The van der Waals surface area contributed by atoms with Crippen LogP contribution in [0.15, 0.2) is 18.5 Å². The van der Waals surface area contributed by atoms with Crippen LogP contribution in [0.3, 0.4) is 0 Å². The van der Waals surface area contributed by atoms with E-state index in [9.17, 15) is 9.90 Å². The Bertz CT molecular complexity index is 578. The number of likely N-dealkylation sites (tertiary alicyclic amines) is 2. The molecule has 6 nitrogen and oxygen atoms in total. The maximum Gasteiger partial charge on any atom is 0.230 e. The number of amides is 1. The zero-order valence-corrected chi connectivity index (χ0v) is 15.0. The summed E-state index contributed by atoms with van der Waals surface area (Å²) in [5.41, 5.74) is -0.248. The van der Waals surface area contributed by atoms with Crippen LogP contribution in [0.25, 0.3) is 0 Å². The van der Waals surface area contributed by atoms with Crippen molar-refractivity contribution >= 4 is 5.91 Å². The Balaban J connectivity index is 1.41. The highest BCUT2D eigenvalue weighted by Crippen LogP contribution is 2.49. The maximum atomic E-state index is 13.2. The number of aliphatic hydroxyl groups is 1. The predicted molar refractivity (Wildman–Crippen MR) is 94.8 cm³/mol. The van der Waals surface area contributed by atoms with E-state index in [4.69, 9.17) is 0 Å². The third-order valence-corrected chi connectivity index (χ3v) is 6.22. The SMILES string of the molecule is O=C(N1CC(CO)CC(CN2CCCC2)C1)C1(Cn2cccn2)CC1. The van der Waals surface area contributed by atoms with Crippen LogP contribution >= 0.6 is 0 Å². The summed E-state index contributed by atoms with van der Waals surface area (Å²) < 4.78 is 1.89. The molecule has 1 aromatic rings. The van der Waals surface area contributed by atoms with Crippen LogP contribution in [0.1, 0.15) is 32.1 Å². The number of piperidine rings is 1. The average Bonchev–Trinajstić information content (AvgIpc) is 3.01. The van der Waals surface area contributed by atoms with Crippen LogP contribution < -0.4 is 0 Å². The summed E-state index contributed by atoms with van der Waals surface area (Å²) in [5, 5.41) is 14.0. The molecule has 1 aliphatic carbocycles. The topological polar surface area (TPSA) is 61.6 Å². The molecule has 0 bridgehead atoms. The van der Waals surface area contributed by atoms with E-state index < -0.39 is 0 Å². The molecule has 1 amide bonds. The Hall–Kier alpha value is -1.40. The van der Waals surface area contributed by atoms with Crippen LogP contribution in [0.5, 0.6) is 0 Å². The maximum absolute atomic E-state index is 13.2. The third-order valence-electron chi connectivity index (χ3n) is 6.22. The van der Waals surface area contributed by atoms with Gasteiger partial charge in [0, 0.05) is 38.6 Å². The standard InChI is InChI=1S/C19H30N4O2/c24-14-17-10-16(11-21-7-1-2-8-21)12-22(13-17)18(25)19(4-5-19)15-23-9-3-6-20-23/h3,6,9,16-17,24H,1-2,4-5,7-8,10-15H2. The summed E-state index contributed by atoms with van der Waals surface area (Å²) in [6.07, 6.45) is 9.28. The van der Waals surface area contributed by atoms with Gasteiger partial charge in [0.2, 0.25) is 5.91 Å². The van der Waals surface area contributed by atoms with Gasteiger partial charge in [-0.05, 0) is 63.1 Å². The summed E-state index contributed by atoms with van der Waals surface area (Å²) >= 11 is 0. The van der Waals surface area contributed by atoms with Crippen molar-refractivity contribution in [3.8, 4) is 0 Å². The fourth-order valence-electron chi connectivity index (χ4n) is 4.71. The largest absolute Gasteiger partial charge is 0.396 e. The second-order valence-electron chi connectivity index (χ2n) is 8.35. The van der Waals surface area contributed by atoms with Gasteiger partial charge in [0.05, 0.1) is 12.0 Å². The van der Waals surface area contributed by atoms with Crippen molar-refractivity contribution in [2.75, 3.05) is 39.3 Å². The number of carbonyl (C=O) groups excluding carboxylic acids is 1. The minimum atomic E-state index is -0.248. The average molecular weight is 346 g/mol. The third kappa shape index (κ3) is 3.75. The van der Waals surface area contributed by atoms with E-state index in [0.717, 1.165) is 32.4 Å². The molecule has 2 saturated heterocycles. The Morgan fingerprint density at radius 2 is 1.96 bits per heavy atom. The molecule has 138 valence electrons. The fourth-order valence-corrected chi connectivity index (χ4v) is 4.71. The Kier molecular flexibility index (Phi) is 4.82. The van der Waals surface area contributed by atoms with E-state index >= 15 is 0 Å². The van der Waals surface area contributed by atoms with Crippen LogP contribution in [0.4, 0.5) is 0 Å². The van der Waals surface area contributed by atoms with Crippen molar-refractivity contribution in [1.29, 1.82) is 0 Å². The first-order valence-corrected chi connectivity index (χ1v) is 9.78. The van der Waals surface area contributed by atoms with Gasteiger partial charge in [-0.2, -0.15) is 5.10 Å². The van der Waals surface area contributed by atoms with Crippen LogP contribution in [-0.2, 0) is 11.3 Å². The van der Waals surface area contributed by atoms with Crippen molar-refractivity contribution in [2.45, 2.75) is 38.6 Å². The van der Waals surface area contributed by atoms with Gasteiger partial charge in [-0.1, -0.05) is 0 Å². The Morgan fingerprint density at radius 3 is 2.60 bits per heavy atom. The van der Waals surface area contributed by atoms with Crippen molar-refractivity contribution in [3.05, 3.63) is 18.5 Å². The summed E-state index contributed by atoms with van der Waals surface area (Å²) in [6.45, 7) is 5.91. The van der Waals surface area contributed by atoms with E-state index in [-0.39, 0.29) is 23.8 Å². The van der Waals surface area contributed by atoms with Gasteiger partial charge in [0.15, 0.2) is 0 Å². The molecule has 4 rings (SSSR count). The lowest BCUT2D eigenvalue weighted by Gasteiger charge is -2.40. The van der Waals surface area contributed by atoms with Gasteiger partial charge in [-0.25, -0.2) is 0 Å². The van der Waals surface area contributed by atoms with E-state index in [1.54, 1.807) is 6.20 Å². The summed E-state index contributed by atoms with van der Waals surface area (Å²) in [5.74, 6) is 1.01. The number of rotatable bonds is 6. The predicted octanol–water partition coefficient (Wildman–Crippen LogP) is 1.22. The number of aromatic nitrogens is 2. The lowest BCUT2D eigenvalue weighted by molar-refractivity contribution is -0.141. The highest BCUT2D eigenvalue weighted by molar-refractivity contribution is 5.85. The molecule has 25 heavy (non-hydrogen) atoms. The molecule has 1 saturated carbocycles. The van der Waals surface area contributed by atoms with Crippen molar-refractivity contribution in [3.63, 3.8) is 0 Å². The van der Waals surface area contributed by atoms with Crippen LogP contribution in [0.2, 0.25) is 0 Å². The molecule has 0 spiro atoms. The molecule has 0 radical (unpaired) electrons. The van der Waals surface area contributed by atoms with Crippen LogP contribution in [-0.4, -0.2) is 69.9 Å². The van der Waals surface area contributed by atoms with Gasteiger partial charge in [-0.3, -0.25) is 9.48 Å². The lowest BCUT2D eigenvalue weighted by Crippen LogP contribution is -2.50. The highest BCUT2D eigenvalue weighted by atomic mass is 16.3. The smallest absolute Gasteiger partial charge is 0.230 e. The first-order valence-electron chi connectivity index (χ1n) is 9.78. The fraction of sp³-hybridized carbons (Fsp3) is 0.789. The normalized spacial score (nSPS) is 29.1. The number of hydrogen-bond acceptors (Lipinski definition) is 4. The van der Waals surface area contributed by atoms with E-state index in [1.165, 1.54) is 25.9 Å². The minimum Gasteiger partial charge on any atom is -0.396 e. The van der Waals surface area contributed by atoms with Gasteiger partial charge in [-0.15, -0.1) is 0 Å².